The third-order valence-electron chi connectivity index (χ3n) is 3.96. The molecular formula is C16H17Cl2N3O3. The Morgan fingerprint density at radius 2 is 2.17 bits per heavy atom. The molecule has 2 heterocycles. The van der Waals surface area contributed by atoms with Gasteiger partial charge in [-0.3, -0.25) is 4.79 Å². The van der Waals surface area contributed by atoms with E-state index >= 15 is 0 Å². The minimum Gasteiger partial charge on any atom is -0.482 e. The number of amides is 1. The van der Waals surface area contributed by atoms with Crippen LogP contribution in [0.15, 0.2) is 28.8 Å². The summed E-state index contributed by atoms with van der Waals surface area (Å²) >= 11 is 12.1. The van der Waals surface area contributed by atoms with Gasteiger partial charge in [0.15, 0.2) is 17.2 Å². The van der Waals surface area contributed by atoms with Crippen molar-refractivity contribution in [2.75, 3.05) is 19.6 Å². The van der Waals surface area contributed by atoms with Gasteiger partial charge >= 0.3 is 0 Å². The molecule has 6 nitrogen and oxygen atoms in total. The first-order valence-electron chi connectivity index (χ1n) is 7.60. The van der Waals surface area contributed by atoms with Crippen LogP contribution in [0.4, 0.5) is 0 Å². The second-order valence-electron chi connectivity index (χ2n) is 5.66. The molecule has 1 aromatic carbocycles. The summed E-state index contributed by atoms with van der Waals surface area (Å²) < 4.78 is 10.7. The normalized spacial score (nSPS) is 17.3. The van der Waals surface area contributed by atoms with Gasteiger partial charge in [0.2, 0.25) is 0 Å². The number of para-hydroxylation sites is 1. The van der Waals surface area contributed by atoms with Crippen LogP contribution < -0.4 is 10.5 Å². The highest BCUT2D eigenvalue weighted by atomic mass is 35.5. The molecule has 2 N–H and O–H groups in total. The minimum atomic E-state index is -0.156. The van der Waals surface area contributed by atoms with Crippen LogP contribution >= 0.6 is 23.2 Å². The predicted octanol–water partition coefficient (Wildman–Crippen LogP) is 2.98. The Morgan fingerprint density at radius 3 is 2.83 bits per heavy atom. The molecule has 1 amide bonds. The van der Waals surface area contributed by atoms with Crippen molar-refractivity contribution in [1.82, 2.24) is 10.1 Å². The summed E-state index contributed by atoms with van der Waals surface area (Å²) in [5, 5.41) is 4.64. The Hall–Kier alpha value is -1.76. The lowest BCUT2D eigenvalue weighted by atomic mass is 10.1. The van der Waals surface area contributed by atoms with Gasteiger partial charge in [-0.1, -0.05) is 34.4 Å². The van der Waals surface area contributed by atoms with Crippen molar-refractivity contribution in [3.63, 3.8) is 0 Å². The summed E-state index contributed by atoms with van der Waals surface area (Å²) in [4.78, 5) is 14.1. The summed E-state index contributed by atoms with van der Waals surface area (Å²) in [6.07, 6.45) is 0.918. The summed E-state index contributed by atoms with van der Waals surface area (Å²) in [5.74, 6) is 0.988. The van der Waals surface area contributed by atoms with Crippen LogP contribution in [0.3, 0.4) is 0 Å². The molecule has 0 saturated carbocycles. The van der Waals surface area contributed by atoms with E-state index in [0.29, 0.717) is 47.1 Å². The zero-order chi connectivity index (χ0) is 17.1. The Balaban J connectivity index is 1.62. The van der Waals surface area contributed by atoms with E-state index in [1.807, 2.05) is 0 Å². The molecule has 3 rings (SSSR count). The van der Waals surface area contributed by atoms with Crippen molar-refractivity contribution in [1.29, 1.82) is 0 Å². The summed E-state index contributed by atoms with van der Waals surface area (Å²) in [6, 6.07) is 6.66. The zero-order valence-electron chi connectivity index (χ0n) is 12.9. The number of hydrogen-bond donors (Lipinski definition) is 1. The van der Waals surface area contributed by atoms with E-state index in [0.717, 1.165) is 6.42 Å². The van der Waals surface area contributed by atoms with Crippen molar-refractivity contribution in [2.45, 2.75) is 13.0 Å². The fourth-order valence-electron chi connectivity index (χ4n) is 2.62. The fourth-order valence-corrected chi connectivity index (χ4v) is 3.12. The lowest BCUT2D eigenvalue weighted by molar-refractivity contribution is 0.0777. The highest BCUT2D eigenvalue weighted by molar-refractivity contribution is 6.37. The first-order valence-corrected chi connectivity index (χ1v) is 8.36. The number of ether oxygens (including phenoxy) is 1. The van der Waals surface area contributed by atoms with Crippen molar-refractivity contribution in [3.05, 3.63) is 45.8 Å². The molecule has 1 aliphatic rings. The van der Waals surface area contributed by atoms with Crippen LogP contribution in [0.25, 0.3) is 0 Å². The van der Waals surface area contributed by atoms with Crippen LogP contribution in [0, 0.1) is 5.92 Å². The molecule has 0 aliphatic carbocycles. The van der Waals surface area contributed by atoms with E-state index < -0.39 is 0 Å². The molecule has 1 unspecified atom stereocenters. The lowest BCUT2D eigenvalue weighted by Crippen LogP contribution is -2.30. The first-order chi connectivity index (χ1) is 11.6. The van der Waals surface area contributed by atoms with Crippen molar-refractivity contribution in [3.8, 4) is 5.75 Å². The molecule has 1 aromatic heterocycles. The molecule has 0 bridgehead atoms. The molecule has 1 atom stereocenters. The average Bonchev–Trinajstić information content (AvgIpc) is 3.23. The molecule has 2 aromatic rings. The summed E-state index contributed by atoms with van der Waals surface area (Å²) in [6.45, 7) is 2.01. The van der Waals surface area contributed by atoms with E-state index in [4.69, 9.17) is 38.2 Å². The van der Waals surface area contributed by atoms with Gasteiger partial charge in [0, 0.05) is 19.2 Å². The molecule has 24 heavy (non-hydrogen) atoms. The van der Waals surface area contributed by atoms with Crippen molar-refractivity contribution >= 4 is 29.1 Å². The number of halogens is 2. The topological polar surface area (TPSA) is 81.6 Å². The van der Waals surface area contributed by atoms with Gasteiger partial charge in [0.25, 0.3) is 5.91 Å². The quantitative estimate of drug-likeness (QED) is 0.875. The Kier molecular flexibility index (Phi) is 5.28. The molecule has 1 aliphatic heterocycles. The SMILES string of the molecule is NCC1CCN(C(=O)c2cc(COc3c(Cl)cccc3Cl)on2)C1. The van der Waals surface area contributed by atoms with Gasteiger partial charge in [-0.15, -0.1) is 0 Å². The number of carbonyl (C=O) groups excluding carboxylic acids is 1. The van der Waals surface area contributed by atoms with Crippen LogP contribution in [0.2, 0.25) is 10.0 Å². The van der Waals surface area contributed by atoms with Gasteiger partial charge in [0.1, 0.15) is 6.61 Å². The van der Waals surface area contributed by atoms with E-state index in [1.54, 1.807) is 29.2 Å². The molecule has 1 fully saturated rings. The van der Waals surface area contributed by atoms with Crippen LogP contribution in [-0.2, 0) is 6.61 Å². The van der Waals surface area contributed by atoms with E-state index in [2.05, 4.69) is 5.16 Å². The van der Waals surface area contributed by atoms with Crippen molar-refractivity contribution in [2.24, 2.45) is 11.7 Å². The van der Waals surface area contributed by atoms with Crippen LogP contribution in [-0.4, -0.2) is 35.6 Å². The second-order valence-corrected chi connectivity index (χ2v) is 6.47. The average molecular weight is 370 g/mol. The molecule has 0 spiro atoms. The standard InChI is InChI=1S/C16H17Cl2N3O3/c17-12-2-1-3-13(18)15(12)23-9-11-6-14(20-24-11)16(22)21-5-4-10(7-19)8-21/h1-3,6,10H,4-5,7-9,19H2. The number of benzene rings is 1. The third kappa shape index (κ3) is 3.66. The zero-order valence-corrected chi connectivity index (χ0v) is 14.4. The maximum Gasteiger partial charge on any atom is 0.276 e. The number of hydrogen-bond acceptors (Lipinski definition) is 5. The molecule has 1 saturated heterocycles. The maximum atomic E-state index is 12.4. The number of likely N-dealkylation sites (tertiary alicyclic amines) is 1. The Bertz CT molecular complexity index is 715. The molecule has 128 valence electrons. The lowest BCUT2D eigenvalue weighted by Gasteiger charge is -2.13. The number of nitrogens with two attached hydrogens (primary N) is 1. The largest absolute Gasteiger partial charge is 0.482 e. The minimum absolute atomic E-state index is 0.0785. The highest BCUT2D eigenvalue weighted by Gasteiger charge is 2.28. The highest BCUT2D eigenvalue weighted by Crippen LogP contribution is 2.33. The number of nitrogens with zero attached hydrogens (tertiary/aromatic N) is 2. The smallest absolute Gasteiger partial charge is 0.276 e. The molecule has 8 heteroatoms. The predicted molar refractivity (Wildman–Crippen MR) is 90.4 cm³/mol. The van der Waals surface area contributed by atoms with Gasteiger partial charge in [0.05, 0.1) is 10.0 Å². The molecule has 0 radical (unpaired) electrons. The van der Waals surface area contributed by atoms with Gasteiger partial charge in [-0.2, -0.15) is 0 Å². The number of rotatable bonds is 5. The van der Waals surface area contributed by atoms with Crippen LogP contribution in [0.1, 0.15) is 22.7 Å². The van der Waals surface area contributed by atoms with Gasteiger partial charge < -0.3 is 19.9 Å². The number of carbonyl (C=O) groups is 1. The van der Waals surface area contributed by atoms with Crippen molar-refractivity contribution < 1.29 is 14.1 Å². The van der Waals surface area contributed by atoms with E-state index in [-0.39, 0.29) is 18.2 Å². The first kappa shape index (κ1) is 17.1. The number of aromatic nitrogens is 1. The maximum absolute atomic E-state index is 12.4. The fraction of sp³-hybridized carbons (Fsp3) is 0.375. The van der Waals surface area contributed by atoms with Gasteiger partial charge in [-0.25, -0.2) is 0 Å². The summed E-state index contributed by atoms with van der Waals surface area (Å²) in [5.41, 5.74) is 5.91. The summed E-state index contributed by atoms with van der Waals surface area (Å²) in [7, 11) is 0. The van der Waals surface area contributed by atoms with E-state index in [1.165, 1.54) is 0 Å². The Morgan fingerprint density at radius 1 is 1.42 bits per heavy atom. The van der Waals surface area contributed by atoms with E-state index in [9.17, 15) is 4.79 Å². The third-order valence-corrected chi connectivity index (χ3v) is 4.56. The van der Waals surface area contributed by atoms with Crippen LogP contribution in [0.5, 0.6) is 5.75 Å². The molecular weight excluding hydrogens is 353 g/mol. The second kappa shape index (κ2) is 7.42. The Labute approximate surface area is 149 Å². The monoisotopic (exact) mass is 369 g/mol. The van der Waals surface area contributed by atoms with Gasteiger partial charge in [-0.05, 0) is 31.0 Å².